The van der Waals surface area contributed by atoms with E-state index in [1.54, 1.807) is 6.92 Å². The zero-order chi connectivity index (χ0) is 39.7. The van der Waals surface area contributed by atoms with E-state index in [9.17, 15) is 14.4 Å². The summed E-state index contributed by atoms with van der Waals surface area (Å²) in [6.45, 7) is 30.6. The fraction of sp³-hybridized carbons (Fsp3) is 0.854. The molecule has 2 rings (SSSR count). The van der Waals surface area contributed by atoms with Crippen LogP contribution in [0.25, 0.3) is 4.85 Å². The summed E-state index contributed by atoms with van der Waals surface area (Å²) in [6, 6.07) is 0.293. The van der Waals surface area contributed by atoms with Crippen molar-refractivity contribution in [3.8, 4) is 0 Å². The van der Waals surface area contributed by atoms with E-state index in [0.29, 0.717) is 24.3 Å². The Bertz CT molecular complexity index is 1370. The molecule has 0 saturated carbocycles. The Morgan fingerprint density at radius 2 is 1.51 bits per heavy atom. The smallest absolute Gasteiger partial charge is 0.335 e. The monoisotopic (exact) mass is 765 g/mol. The van der Waals surface area contributed by atoms with E-state index in [2.05, 4.69) is 71.8 Å². The zero-order valence-corrected chi connectivity index (χ0v) is 35.9. The third-order valence-electron chi connectivity index (χ3n) is 10.3. The van der Waals surface area contributed by atoms with Gasteiger partial charge >= 0.3 is 11.7 Å². The van der Waals surface area contributed by atoms with E-state index in [4.69, 9.17) is 25.1 Å². The Morgan fingerprint density at radius 1 is 0.943 bits per heavy atom. The van der Waals surface area contributed by atoms with Crippen molar-refractivity contribution >= 4 is 14.5 Å². The molecule has 0 amide bonds. The first-order valence-corrected chi connectivity index (χ1v) is 21.6. The van der Waals surface area contributed by atoms with Crippen molar-refractivity contribution in [3.05, 3.63) is 44.0 Å². The van der Waals surface area contributed by atoms with Crippen molar-refractivity contribution in [1.29, 1.82) is 0 Å². The Hall–Kier alpha value is -2.09. The number of aromatic nitrogens is 2. The maximum Gasteiger partial charge on any atom is 0.335 e. The van der Waals surface area contributed by atoms with Crippen LogP contribution in [0.1, 0.15) is 158 Å². The predicted octanol–water partition coefficient (Wildman–Crippen LogP) is 9.65. The van der Waals surface area contributed by atoms with E-state index in [0.717, 1.165) is 35.7 Å². The topological polar surface area (TPSA) is 106 Å². The average Bonchev–Trinajstić information content (AvgIpc) is 3.48. The van der Waals surface area contributed by atoms with E-state index in [1.165, 1.54) is 49.3 Å². The standard InChI is InChI=1S/C41H73N4O7P/c1-13-36-37(52-53(50-24-23-42-12)45(30(4)5)31(6)7)26-38(51-36)43-27-35(11)40(47)44(41(43)48)28-49-39(46)25-34(10)22-16-21-33(9)20-15-19-32(8)18-14-17-29(2)3/h27,29-34,36-38H,13-26,28H2,1-11H3/t32?,33?,34?,36-,37-,38-,53?/m1/s1. The van der Waals surface area contributed by atoms with Gasteiger partial charge in [0.2, 0.25) is 6.54 Å². The Labute approximate surface area is 322 Å². The first-order valence-electron chi connectivity index (χ1n) is 20.4. The molecule has 12 heteroatoms. The van der Waals surface area contributed by atoms with Crippen LogP contribution in [0, 0.1) is 37.2 Å². The molecule has 1 fully saturated rings. The number of ether oxygens (including phenoxy) is 2. The van der Waals surface area contributed by atoms with E-state index >= 15 is 0 Å². The number of hydrogen-bond acceptors (Lipinski definition) is 8. The van der Waals surface area contributed by atoms with E-state index in [-0.39, 0.29) is 49.8 Å². The Kier molecular flexibility index (Phi) is 21.7. The summed E-state index contributed by atoms with van der Waals surface area (Å²) in [4.78, 5) is 43.1. The Morgan fingerprint density at radius 3 is 2.04 bits per heavy atom. The number of rotatable bonds is 26. The summed E-state index contributed by atoms with van der Waals surface area (Å²) in [5.74, 6) is 1.99. The summed E-state index contributed by atoms with van der Waals surface area (Å²) < 4.78 is 29.2. The minimum atomic E-state index is -1.50. The van der Waals surface area contributed by atoms with Gasteiger partial charge in [0.25, 0.3) is 14.1 Å². The van der Waals surface area contributed by atoms with Gasteiger partial charge in [0.15, 0.2) is 6.73 Å². The molecular formula is C41H73N4O7P. The number of carbonyl (C=O) groups excluding carboxylic acids is 1. The van der Waals surface area contributed by atoms with Crippen LogP contribution in [0.5, 0.6) is 0 Å². The molecule has 1 aromatic rings. The highest BCUT2D eigenvalue weighted by atomic mass is 31.2. The molecule has 0 radical (unpaired) electrons. The molecule has 1 aromatic heterocycles. The van der Waals surface area contributed by atoms with Crippen LogP contribution in [-0.2, 0) is 30.0 Å². The van der Waals surface area contributed by atoms with Crippen LogP contribution in [0.3, 0.4) is 0 Å². The van der Waals surface area contributed by atoms with Gasteiger partial charge in [0.1, 0.15) is 12.8 Å². The largest absolute Gasteiger partial charge is 0.444 e. The van der Waals surface area contributed by atoms with Crippen molar-refractivity contribution in [3.63, 3.8) is 0 Å². The lowest BCUT2D eigenvalue weighted by Crippen LogP contribution is -2.43. The molecule has 0 bridgehead atoms. The number of esters is 1. The van der Waals surface area contributed by atoms with E-state index < -0.39 is 38.7 Å². The van der Waals surface area contributed by atoms with Crippen molar-refractivity contribution in [2.24, 2.45) is 23.7 Å². The molecule has 0 aromatic carbocycles. The van der Waals surface area contributed by atoms with Gasteiger partial charge in [-0.25, -0.2) is 20.6 Å². The highest BCUT2D eigenvalue weighted by molar-refractivity contribution is 7.44. The van der Waals surface area contributed by atoms with Crippen LogP contribution < -0.4 is 11.2 Å². The fourth-order valence-corrected chi connectivity index (χ4v) is 8.95. The van der Waals surface area contributed by atoms with Gasteiger partial charge in [0, 0.05) is 36.7 Å². The highest BCUT2D eigenvalue weighted by Gasteiger charge is 2.41. The van der Waals surface area contributed by atoms with Gasteiger partial charge in [-0.3, -0.25) is 14.2 Å². The molecule has 0 aliphatic carbocycles. The van der Waals surface area contributed by atoms with Gasteiger partial charge in [-0.05, 0) is 64.7 Å². The van der Waals surface area contributed by atoms with Crippen LogP contribution >= 0.6 is 8.53 Å². The lowest BCUT2D eigenvalue weighted by Gasteiger charge is -2.37. The second-order valence-electron chi connectivity index (χ2n) is 16.5. The minimum absolute atomic E-state index is 0.147. The first-order chi connectivity index (χ1) is 25.1. The van der Waals surface area contributed by atoms with Crippen LogP contribution in [0.2, 0.25) is 0 Å². The summed E-state index contributed by atoms with van der Waals surface area (Å²) in [7, 11) is -1.50. The molecule has 1 aliphatic rings. The molecule has 1 aliphatic heterocycles. The normalized spacial score (nSPS) is 19.9. The first kappa shape index (κ1) is 47.1. The quantitative estimate of drug-likeness (QED) is 0.0398. The lowest BCUT2D eigenvalue weighted by molar-refractivity contribution is -0.148. The van der Waals surface area contributed by atoms with Gasteiger partial charge in [-0.1, -0.05) is 99.3 Å². The van der Waals surface area contributed by atoms with Gasteiger partial charge in [-0.15, -0.1) is 0 Å². The molecule has 53 heavy (non-hydrogen) atoms. The third kappa shape index (κ3) is 16.3. The van der Waals surface area contributed by atoms with Crippen molar-refractivity contribution in [2.75, 3.05) is 13.2 Å². The predicted molar refractivity (Wildman–Crippen MR) is 214 cm³/mol. The van der Waals surface area contributed by atoms with Gasteiger partial charge in [0.05, 0.1) is 12.2 Å². The summed E-state index contributed by atoms with van der Waals surface area (Å²) in [5, 5.41) is 0. The molecule has 304 valence electrons. The molecule has 1 saturated heterocycles. The number of nitrogens with zero attached hydrogens (tertiary/aromatic N) is 4. The second-order valence-corrected chi connectivity index (χ2v) is 17.9. The summed E-state index contributed by atoms with van der Waals surface area (Å²) >= 11 is 0. The SMILES string of the molecule is [C-]#[N+]CCOP(O[C@@H]1C[C@H](n2cc(C)c(=O)n(COC(=O)CC(C)CCCC(C)CCCC(C)CCCC(C)C)c2=O)O[C@@H]1CC)N(C(C)C)C(C)C. The Balaban J connectivity index is 1.96. The number of hydrogen-bond donors (Lipinski definition) is 0. The minimum Gasteiger partial charge on any atom is -0.444 e. The average molecular weight is 765 g/mol. The van der Waals surface area contributed by atoms with Crippen molar-refractivity contribution < 1.29 is 23.3 Å². The third-order valence-corrected chi connectivity index (χ3v) is 12.4. The lowest BCUT2D eigenvalue weighted by atomic mass is 9.91. The molecule has 0 spiro atoms. The van der Waals surface area contributed by atoms with Gasteiger partial charge < -0.3 is 23.4 Å². The number of aryl methyl sites for hydroxylation is 1. The maximum absolute atomic E-state index is 13.7. The van der Waals surface area contributed by atoms with Crippen molar-refractivity contribution in [2.45, 2.75) is 190 Å². The summed E-state index contributed by atoms with van der Waals surface area (Å²) in [6.07, 6.45) is 12.4. The van der Waals surface area contributed by atoms with Gasteiger partial charge in [-0.2, -0.15) is 0 Å². The molecule has 4 unspecified atom stereocenters. The van der Waals surface area contributed by atoms with E-state index in [1.807, 2.05) is 6.92 Å². The number of carbonyl (C=O) groups is 1. The zero-order valence-electron chi connectivity index (χ0n) is 35.0. The molecule has 0 N–H and O–H groups in total. The highest BCUT2D eigenvalue weighted by Crippen LogP contribution is 2.50. The fourth-order valence-electron chi connectivity index (χ4n) is 7.20. The van der Waals surface area contributed by atoms with Crippen LogP contribution in [0.4, 0.5) is 0 Å². The van der Waals surface area contributed by atoms with Crippen LogP contribution in [-0.4, -0.2) is 57.2 Å². The molecular weight excluding hydrogens is 691 g/mol. The molecule has 2 heterocycles. The maximum atomic E-state index is 13.7. The molecule has 11 nitrogen and oxygen atoms in total. The second kappa shape index (κ2) is 24.4. The van der Waals surface area contributed by atoms with Crippen LogP contribution in [0.15, 0.2) is 15.8 Å². The van der Waals surface area contributed by atoms with Crippen molar-refractivity contribution in [1.82, 2.24) is 13.8 Å². The summed E-state index contributed by atoms with van der Waals surface area (Å²) in [5.41, 5.74) is -0.743. The molecule has 7 atom stereocenters.